The van der Waals surface area contributed by atoms with Crippen LogP contribution >= 0.6 is 23.2 Å². The molecular formula is C33H33Cl2N3O4S. The smallest absolute Gasteiger partial charge is 0.264 e. The third-order valence-electron chi connectivity index (χ3n) is 7.10. The fourth-order valence-corrected chi connectivity index (χ4v) is 6.59. The Morgan fingerprint density at radius 1 is 0.814 bits per heavy atom. The topological polar surface area (TPSA) is 86.8 Å². The van der Waals surface area contributed by atoms with Crippen molar-refractivity contribution in [2.45, 2.75) is 37.8 Å². The number of nitrogens with one attached hydrogen (secondary N) is 1. The van der Waals surface area contributed by atoms with Crippen molar-refractivity contribution < 1.29 is 18.0 Å². The van der Waals surface area contributed by atoms with Crippen LogP contribution in [0.15, 0.2) is 102 Å². The number of hydrogen-bond acceptors (Lipinski definition) is 4. The van der Waals surface area contributed by atoms with Gasteiger partial charge in [0.25, 0.3) is 10.0 Å². The summed E-state index contributed by atoms with van der Waals surface area (Å²) in [5.74, 6) is -0.925. The predicted molar refractivity (Wildman–Crippen MR) is 172 cm³/mol. The fourth-order valence-electron chi connectivity index (χ4n) is 4.76. The standard InChI is InChI=1S/C33H33Cl2N3O4S/c1-23-9-16-29(17-10-23)43(41,42)38(30-18-15-28(35)19-24(30)2)22-32(39)37(21-26-11-13-27(34)14-12-26)31(33(40)36-3)20-25-7-5-4-6-8-25/h4-19,31H,20-22H2,1-3H3,(H,36,40). The van der Waals surface area contributed by atoms with Crippen LogP contribution in [-0.2, 0) is 32.6 Å². The number of carbonyl (C=O) groups excluding carboxylic acids is 2. The minimum Gasteiger partial charge on any atom is -0.357 e. The van der Waals surface area contributed by atoms with E-state index in [-0.39, 0.29) is 23.8 Å². The molecule has 224 valence electrons. The summed E-state index contributed by atoms with van der Waals surface area (Å²) in [4.78, 5) is 29.1. The van der Waals surface area contributed by atoms with Crippen molar-refractivity contribution in [3.63, 3.8) is 0 Å². The molecule has 0 radical (unpaired) electrons. The molecule has 0 heterocycles. The van der Waals surface area contributed by atoms with E-state index < -0.39 is 28.5 Å². The second kappa shape index (κ2) is 14.1. The molecule has 4 aromatic carbocycles. The third kappa shape index (κ3) is 7.96. The van der Waals surface area contributed by atoms with Crippen LogP contribution in [0.5, 0.6) is 0 Å². The maximum atomic E-state index is 14.3. The van der Waals surface area contributed by atoms with E-state index in [0.29, 0.717) is 21.3 Å². The van der Waals surface area contributed by atoms with Crippen LogP contribution in [-0.4, -0.2) is 44.8 Å². The zero-order valence-corrected chi connectivity index (χ0v) is 26.5. The number of anilines is 1. The van der Waals surface area contributed by atoms with Gasteiger partial charge in [-0.1, -0.05) is 83.4 Å². The number of nitrogens with zero attached hydrogens (tertiary/aromatic N) is 2. The van der Waals surface area contributed by atoms with Gasteiger partial charge in [0.2, 0.25) is 11.8 Å². The average Bonchev–Trinajstić information content (AvgIpc) is 2.99. The highest BCUT2D eigenvalue weighted by Gasteiger charge is 2.34. The summed E-state index contributed by atoms with van der Waals surface area (Å²) in [5.41, 5.74) is 3.36. The van der Waals surface area contributed by atoms with Crippen molar-refractivity contribution >= 4 is 50.7 Å². The minimum absolute atomic E-state index is 0.0386. The molecule has 1 N–H and O–H groups in total. The van der Waals surface area contributed by atoms with Crippen molar-refractivity contribution in [3.05, 3.63) is 129 Å². The van der Waals surface area contributed by atoms with Gasteiger partial charge in [-0.25, -0.2) is 8.42 Å². The molecule has 0 saturated carbocycles. The van der Waals surface area contributed by atoms with Gasteiger partial charge in [-0.2, -0.15) is 0 Å². The first-order valence-electron chi connectivity index (χ1n) is 13.6. The molecule has 2 amide bonds. The van der Waals surface area contributed by atoms with Gasteiger partial charge in [-0.05, 0) is 73.0 Å². The molecule has 1 atom stereocenters. The van der Waals surface area contributed by atoms with E-state index in [1.54, 1.807) is 61.5 Å². The van der Waals surface area contributed by atoms with E-state index >= 15 is 0 Å². The summed E-state index contributed by atoms with van der Waals surface area (Å²) in [5, 5.41) is 3.64. The number of rotatable bonds is 11. The highest BCUT2D eigenvalue weighted by Crippen LogP contribution is 2.30. The Morgan fingerprint density at radius 3 is 2.05 bits per heavy atom. The van der Waals surface area contributed by atoms with Crippen LogP contribution in [0.4, 0.5) is 5.69 Å². The molecule has 10 heteroatoms. The van der Waals surface area contributed by atoms with Crippen molar-refractivity contribution in [1.29, 1.82) is 0 Å². The Morgan fingerprint density at radius 2 is 1.44 bits per heavy atom. The van der Waals surface area contributed by atoms with Gasteiger partial charge in [0, 0.05) is 30.1 Å². The van der Waals surface area contributed by atoms with Gasteiger partial charge in [-0.15, -0.1) is 0 Å². The first-order chi connectivity index (χ1) is 20.5. The molecule has 4 aromatic rings. The number of sulfonamides is 1. The first kappa shape index (κ1) is 32.1. The Bertz CT molecular complexity index is 1680. The molecule has 0 spiro atoms. The average molecular weight is 639 g/mol. The van der Waals surface area contributed by atoms with E-state index in [2.05, 4.69) is 5.32 Å². The van der Waals surface area contributed by atoms with Crippen molar-refractivity contribution in [2.24, 2.45) is 0 Å². The van der Waals surface area contributed by atoms with Gasteiger partial charge in [-0.3, -0.25) is 13.9 Å². The minimum atomic E-state index is -4.20. The molecule has 43 heavy (non-hydrogen) atoms. The number of aryl methyl sites for hydroxylation is 2. The summed E-state index contributed by atoms with van der Waals surface area (Å²) in [6.45, 7) is 3.10. The van der Waals surface area contributed by atoms with Gasteiger partial charge < -0.3 is 10.2 Å². The number of likely N-dealkylation sites (N-methyl/N-ethyl adjacent to an activating group) is 1. The van der Waals surface area contributed by atoms with Crippen LogP contribution in [0.3, 0.4) is 0 Å². The highest BCUT2D eigenvalue weighted by molar-refractivity contribution is 7.92. The fraction of sp³-hybridized carbons (Fsp3) is 0.212. The Balaban J connectivity index is 1.81. The number of amides is 2. The lowest BCUT2D eigenvalue weighted by atomic mass is 10.0. The van der Waals surface area contributed by atoms with E-state index in [1.807, 2.05) is 37.3 Å². The van der Waals surface area contributed by atoms with Crippen LogP contribution in [0.1, 0.15) is 22.3 Å². The Labute approximate surface area is 263 Å². The van der Waals surface area contributed by atoms with Crippen molar-refractivity contribution in [3.8, 4) is 0 Å². The molecule has 1 unspecified atom stereocenters. The lowest BCUT2D eigenvalue weighted by Gasteiger charge is -2.34. The first-order valence-corrected chi connectivity index (χ1v) is 15.8. The monoisotopic (exact) mass is 637 g/mol. The Kier molecular flexibility index (Phi) is 10.5. The molecule has 0 aliphatic rings. The second-order valence-electron chi connectivity index (χ2n) is 10.2. The lowest BCUT2D eigenvalue weighted by Crippen LogP contribution is -2.53. The van der Waals surface area contributed by atoms with E-state index in [0.717, 1.165) is 21.0 Å². The van der Waals surface area contributed by atoms with Gasteiger partial charge in [0.15, 0.2) is 0 Å². The molecule has 0 aromatic heterocycles. The maximum Gasteiger partial charge on any atom is 0.264 e. The molecular weight excluding hydrogens is 605 g/mol. The molecule has 7 nitrogen and oxygen atoms in total. The molecule has 0 aliphatic heterocycles. The van der Waals surface area contributed by atoms with Crippen molar-refractivity contribution in [1.82, 2.24) is 10.2 Å². The summed E-state index contributed by atoms with van der Waals surface area (Å²) in [6, 6.07) is 26.6. The predicted octanol–water partition coefficient (Wildman–Crippen LogP) is 6.19. The Hall–Kier alpha value is -3.85. The zero-order valence-electron chi connectivity index (χ0n) is 24.1. The summed E-state index contributed by atoms with van der Waals surface area (Å²) >= 11 is 12.3. The van der Waals surface area contributed by atoms with E-state index in [4.69, 9.17) is 23.2 Å². The third-order valence-corrected chi connectivity index (χ3v) is 9.36. The zero-order chi connectivity index (χ0) is 31.1. The SMILES string of the molecule is CNC(=O)C(Cc1ccccc1)N(Cc1ccc(Cl)cc1)C(=O)CN(c1ccc(Cl)cc1C)S(=O)(=O)c1ccc(C)cc1. The lowest BCUT2D eigenvalue weighted by molar-refractivity contribution is -0.139. The summed E-state index contributed by atoms with van der Waals surface area (Å²) in [7, 11) is -2.69. The molecule has 0 saturated heterocycles. The van der Waals surface area contributed by atoms with Gasteiger partial charge in [0.1, 0.15) is 12.6 Å². The largest absolute Gasteiger partial charge is 0.357 e. The number of hydrogen-bond donors (Lipinski definition) is 1. The van der Waals surface area contributed by atoms with Crippen LogP contribution < -0.4 is 9.62 Å². The molecule has 0 bridgehead atoms. The highest BCUT2D eigenvalue weighted by atomic mass is 35.5. The number of halogens is 2. The number of benzene rings is 4. The normalized spacial score (nSPS) is 11.9. The second-order valence-corrected chi connectivity index (χ2v) is 13.0. The molecule has 4 rings (SSSR count). The maximum absolute atomic E-state index is 14.3. The van der Waals surface area contributed by atoms with Crippen LogP contribution in [0.25, 0.3) is 0 Å². The van der Waals surface area contributed by atoms with E-state index in [9.17, 15) is 18.0 Å². The van der Waals surface area contributed by atoms with E-state index in [1.165, 1.54) is 24.1 Å². The molecule has 0 fully saturated rings. The van der Waals surface area contributed by atoms with Gasteiger partial charge in [0.05, 0.1) is 10.6 Å². The van der Waals surface area contributed by atoms with Crippen LogP contribution in [0.2, 0.25) is 10.0 Å². The molecule has 0 aliphatic carbocycles. The summed E-state index contributed by atoms with van der Waals surface area (Å²) < 4.78 is 29.3. The number of carbonyl (C=O) groups is 2. The summed E-state index contributed by atoms with van der Waals surface area (Å²) in [6.07, 6.45) is 0.227. The van der Waals surface area contributed by atoms with Crippen molar-refractivity contribution in [2.75, 3.05) is 17.9 Å². The van der Waals surface area contributed by atoms with Gasteiger partial charge >= 0.3 is 0 Å². The van der Waals surface area contributed by atoms with Crippen LogP contribution in [0, 0.1) is 13.8 Å². The quantitative estimate of drug-likeness (QED) is 0.212.